The molecule has 2 rings (SSSR count). The first-order chi connectivity index (χ1) is 9.54. The number of anilines is 1. The molecule has 0 aliphatic heterocycles. The Morgan fingerprint density at radius 3 is 3.00 bits per heavy atom. The monoisotopic (exact) mass is 292 g/mol. The quantitative estimate of drug-likeness (QED) is 0.828. The number of thiazole rings is 1. The third kappa shape index (κ3) is 4.28. The Balaban J connectivity index is 1.86. The maximum absolute atomic E-state index is 11.8. The van der Waals surface area contributed by atoms with Crippen LogP contribution in [0, 0.1) is 12.8 Å². The number of benzene rings is 1. The third-order valence-corrected chi connectivity index (χ3v) is 3.64. The van der Waals surface area contributed by atoms with E-state index in [4.69, 9.17) is 4.74 Å². The fraction of sp³-hybridized carbons (Fsp3) is 0.467. The Morgan fingerprint density at radius 1 is 1.45 bits per heavy atom. The van der Waals surface area contributed by atoms with Crippen molar-refractivity contribution in [2.24, 2.45) is 5.92 Å². The highest BCUT2D eigenvalue weighted by atomic mass is 32.1. The van der Waals surface area contributed by atoms with Gasteiger partial charge in [0.2, 0.25) is 5.91 Å². The minimum Gasteiger partial charge on any atom is -0.381 e. The van der Waals surface area contributed by atoms with Crippen LogP contribution in [-0.2, 0) is 9.53 Å². The van der Waals surface area contributed by atoms with Gasteiger partial charge in [-0.2, -0.15) is 0 Å². The Hall–Kier alpha value is -1.46. The first kappa shape index (κ1) is 14.9. The highest BCUT2D eigenvalue weighted by Crippen LogP contribution is 2.24. The molecule has 2 aromatic rings. The van der Waals surface area contributed by atoms with Crippen LogP contribution >= 0.6 is 11.3 Å². The van der Waals surface area contributed by atoms with E-state index in [2.05, 4.69) is 24.1 Å². The summed E-state index contributed by atoms with van der Waals surface area (Å²) >= 11 is 1.63. The van der Waals surface area contributed by atoms with Crippen molar-refractivity contribution in [3.8, 4) is 0 Å². The fourth-order valence-corrected chi connectivity index (χ4v) is 2.69. The lowest BCUT2D eigenvalue weighted by atomic mass is 10.2. The summed E-state index contributed by atoms with van der Waals surface area (Å²) < 4.78 is 6.50. The minimum atomic E-state index is -0.0191. The first-order valence-corrected chi connectivity index (χ1v) is 7.61. The highest BCUT2D eigenvalue weighted by molar-refractivity contribution is 7.18. The molecular formula is C15H20N2O2S. The molecule has 0 spiro atoms. The number of rotatable bonds is 6. The summed E-state index contributed by atoms with van der Waals surface area (Å²) in [6, 6.07) is 5.78. The van der Waals surface area contributed by atoms with Crippen LogP contribution in [0.2, 0.25) is 0 Å². The van der Waals surface area contributed by atoms with Gasteiger partial charge in [0.05, 0.1) is 28.3 Å². The van der Waals surface area contributed by atoms with E-state index >= 15 is 0 Å². The van der Waals surface area contributed by atoms with E-state index in [1.54, 1.807) is 11.3 Å². The Kier molecular flexibility index (Phi) is 5.09. The molecular weight excluding hydrogens is 272 g/mol. The zero-order valence-corrected chi connectivity index (χ0v) is 12.9. The van der Waals surface area contributed by atoms with Gasteiger partial charge in [-0.25, -0.2) is 4.98 Å². The molecule has 1 aromatic heterocycles. The lowest BCUT2D eigenvalue weighted by Crippen LogP contribution is -2.15. The van der Waals surface area contributed by atoms with Crippen LogP contribution in [-0.4, -0.2) is 24.1 Å². The van der Waals surface area contributed by atoms with Crippen molar-refractivity contribution in [3.05, 3.63) is 23.2 Å². The molecule has 0 bridgehead atoms. The Bertz CT molecular complexity index is 593. The molecule has 4 nitrogen and oxygen atoms in total. The maximum atomic E-state index is 11.8. The topological polar surface area (TPSA) is 51.2 Å². The zero-order valence-electron chi connectivity index (χ0n) is 12.1. The summed E-state index contributed by atoms with van der Waals surface area (Å²) in [6.45, 7) is 7.32. The van der Waals surface area contributed by atoms with Crippen LogP contribution in [0.25, 0.3) is 10.2 Å². The molecule has 0 aliphatic rings. The lowest BCUT2D eigenvalue weighted by molar-refractivity contribution is -0.117. The van der Waals surface area contributed by atoms with Crippen LogP contribution in [0.5, 0.6) is 0 Å². The third-order valence-electron chi connectivity index (χ3n) is 2.70. The molecule has 108 valence electrons. The van der Waals surface area contributed by atoms with Gasteiger partial charge in [-0.05, 0) is 31.0 Å². The van der Waals surface area contributed by atoms with Crippen LogP contribution in [0.3, 0.4) is 0 Å². The standard InChI is InChI=1S/C15H20N2O2S/c1-10(2)9-19-7-6-15(18)17-12-4-5-13-14(8-12)20-11(3)16-13/h4-5,8,10H,6-7,9H2,1-3H3,(H,17,18). The van der Waals surface area contributed by atoms with Gasteiger partial charge in [-0.1, -0.05) is 13.8 Å². The van der Waals surface area contributed by atoms with Crippen molar-refractivity contribution in [3.63, 3.8) is 0 Å². The molecule has 1 amide bonds. The number of hydrogen-bond acceptors (Lipinski definition) is 4. The van der Waals surface area contributed by atoms with Crippen LogP contribution < -0.4 is 5.32 Å². The van der Waals surface area contributed by atoms with Crippen molar-refractivity contribution in [1.82, 2.24) is 4.98 Å². The van der Waals surface area contributed by atoms with Crippen LogP contribution in [0.1, 0.15) is 25.3 Å². The summed E-state index contributed by atoms with van der Waals surface area (Å²) in [5.41, 5.74) is 1.79. The summed E-state index contributed by atoms with van der Waals surface area (Å²) in [5.74, 6) is 0.476. The number of amides is 1. The molecule has 0 radical (unpaired) electrons. The summed E-state index contributed by atoms with van der Waals surface area (Å²) in [5, 5.41) is 3.92. The predicted molar refractivity (Wildman–Crippen MR) is 83.3 cm³/mol. The van der Waals surface area contributed by atoms with Gasteiger partial charge in [-0.3, -0.25) is 4.79 Å². The summed E-state index contributed by atoms with van der Waals surface area (Å²) in [4.78, 5) is 16.2. The van der Waals surface area contributed by atoms with Crippen molar-refractivity contribution >= 4 is 33.1 Å². The second-order valence-corrected chi connectivity index (χ2v) is 6.42. The van der Waals surface area contributed by atoms with E-state index in [0.717, 1.165) is 20.9 Å². The van der Waals surface area contributed by atoms with Crippen molar-refractivity contribution in [1.29, 1.82) is 0 Å². The van der Waals surface area contributed by atoms with E-state index in [1.165, 1.54) is 0 Å². The molecule has 20 heavy (non-hydrogen) atoms. The average molecular weight is 292 g/mol. The summed E-state index contributed by atoms with van der Waals surface area (Å²) in [7, 11) is 0. The number of aromatic nitrogens is 1. The normalized spacial score (nSPS) is 11.2. The second kappa shape index (κ2) is 6.81. The van der Waals surface area contributed by atoms with Gasteiger partial charge in [0.1, 0.15) is 0 Å². The van der Waals surface area contributed by atoms with Gasteiger partial charge in [0, 0.05) is 12.3 Å². The van der Waals surface area contributed by atoms with E-state index in [1.807, 2.05) is 25.1 Å². The number of hydrogen-bond donors (Lipinski definition) is 1. The fourth-order valence-electron chi connectivity index (χ4n) is 1.82. The summed E-state index contributed by atoms with van der Waals surface area (Å²) in [6.07, 6.45) is 0.381. The van der Waals surface area contributed by atoms with Gasteiger partial charge in [0.15, 0.2) is 0 Å². The second-order valence-electron chi connectivity index (χ2n) is 5.18. The van der Waals surface area contributed by atoms with Gasteiger partial charge in [-0.15, -0.1) is 11.3 Å². The largest absolute Gasteiger partial charge is 0.381 e. The molecule has 0 fully saturated rings. The van der Waals surface area contributed by atoms with Crippen molar-refractivity contribution in [2.75, 3.05) is 18.5 Å². The maximum Gasteiger partial charge on any atom is 0.226 e. The molecule has 0 aliphatic carbocycles. The van der Waals surface area contributed by atoms with Gasteiger partial charge in [0.25, 0.3) is 0 Å². The SMILES string of the molecule is Cc1nc2ccc(NC(=O)CCOCC(C)C)cc2s1. The van der Waals surface area contributed by atoms with Crippen LogP contribution in [0.15, 0.2) is 18.2 Å². The molecule has 5 heteroatoms. The number of nitrogens with one attached hydrogen (secondary N) is 1. The Labute approximate surface area is 123 Å². The molecule has 0 unspecified atom stereocenters. The Morgan fingerprint density at radius 2 is 2.25 bits per heavy atom. The number of carbonyl (C=O) groups is 1. The molecule has 1 aromatic carbocycles. The van der Waals surface area contributed by atoms with Crippen molar-refractivity contribution in [2.45, 2.75) is 27.2 Å². The van der Waals surface area contributed by atoms with E-state index in [-0.39, 0.29) is 5.91 Å². The van der Waals surface area contributed by atoms with E-state index in [9.17, 15) is 4.79 Å². The number of fused-ring (bicyclic) bond motifs is 1. The zero-order chi connectivity index (χ0) is 14.5. The number of ether oxygens (including phenoxy) is 1. The van der Waals surface area contributed by atoms with Crippen LogP contribution in [0.4, 0.5) is 5.69 Å². The average Bonchev–Trinajstić information content (AvgIpc) is 2.74. The highest BCUT2D eigenvalue weighted by Gasteiger charge is 2.05. The van der Waals surface area contributed by atoms with E-state index < -0.39 is 0 Å². The first-order valence-electron chi connectivity index (χ1n) is 6.79. The number of carbonyl (C=O) groups excluding carboxylic acids is 1. The molecule has 0 saturated heterocycles. The molecule has 1 N–H and O–H groups in total. The van der Waals surface area contributed by atoms with Crippen molar-refractivity contribution < 1.29 is 9.53 Å². The molecule has 0 saturated carbocycles. The van der Waals surface area contributed by atoms with Gasteiger partial charge < -0.3 is 10.1 Å². The molecule has 0 atom stereocenters. The molecule has 1 heterocycles. The lowest BCUT2D eigenvalue weighted by Gasteiger charge is -2.07. The van der Waals surface area contributed by atoms with E-state index in [0.29, 0.717) is 25.6 Å². The predicted octanol–water partition coefficient (Wildman–Crippen LogP) is 3.61. The smallest absolute Gasteiger partial charge is 0.226 e. The number of nitrogens with zero attached hydrogens (tertiary/aromatic N) is 1. The van der Waals surface area contributed by atoms with Gasteiger partial charge >= 0.3 is 0 Å². The number of aryl methyl sites for hydroxylation is 1. The minimum absolute atomic E-state index is 0.0191.